The molecule has 0 aromatic heterocycles. The van der Waals surface area contributed by atoms with Crippen LogP contribution in [0, 0.1) is 22.7 Å². The number of rotatable bonds is 2. The lowest BCUT2D eigenvalue weighted by atomic mass is 10.1. The van der Waals surface area contributed by atoms with Gasteiger partial charge in [0, 0.05) is 6.92 Å². The number of allylic oxidation sites excluding steroid dienone is 1. The molecule has 0 N–H and O–H groups in total. The molecule has 0 saturated carbocycles. The third-order valence-electron chi connectivity index (χ3n) is 1.70. The second-order valence-corrected chi connectivity index (χ2v) is 3.12. The Bertz CT molecular complexity index is 463. The zero-order valence-corrected chi connectivity index (χ0v) is 10.4. The Hall–Kier alpha value is -2.59. The average molecular weight is 242 g/mol. The first-order chi connectivity index (χ1) is 8.63. The van der Waals surface area contributed by atoms with Crippen molar-refractivity contribution < 1.29 is 9.53 Å². The predicted molar refractivity (Wildman–Crippen MR) is 68.0 cm³/mol. The SMILES string of the molecule is CCOC(C)=O.N#CC(C#N)=Cc1ccccc1. The average Bonchev–Trinajstić information content (AvgIpc) is 2.38. The van der Waals surface area contributed by atoms with Crippen molar-refractivity contribution in [3.8, 4) is 12.1 Å². The molecule has 0 aliphatic rings. The molecule has 1 rings (SSSR count). The second kappa shape index (κ2) is 9.62. The summed E-state index contributed by atoms with van der Waals surface area (Å²) in [5.41, 5.74) is 0.997. The molecule has 4 heteroatoms. The minimum Gasteiger partial charge on any atom is -0.466 e. The summed E-state index contributed by atoms with van der Waals surface area (Å²) >= 11 is 0. The van der Waals surface area contributed by atoms with Gasteiger partial charge in [-0.05, 0) is 18.6 Å². The summed E-state index contributed by atoms with van der Waals surface area (Å²) < 4.78 is 4.40. The molecule has 0 aliphatic heterocycles. The number of ether oxygens (including phenoxy) is 1. The lowest BCUT2D eigenvalue weighted by molar-refractivity contribution is -0.140. The number of benzene rings is 1. The third-order valence-corrected chi connectivity index (χ3v) is 1.70. The quantitative estimate of drug-likeness (QED) is 0.590. The molecule has 92 valence electrons. The number of esters is 1. The maximum absolute atomic E-state index is 9.82. The van der Waals surface area contributed by atoms with Crippen LogP contribution in [0.15, 0.2) is 35.9 Å². The van der Waals surface area contributed by atoms with Crippen LogP contribution in [0.2, 0.25) is 0 Å². The van der Waals surface area contributed by atoms with E-state index in [4.69, 9.17) is 10.5 Å². The minimum atomic E-state index is -0.211. The van der Waals surface area contributed by atoms with Crippen LogP contribution in [0.25, 0.3) is 6.08 Å². The van der Waals surface area contributed by atoms with Crippen molar-refractivity contribution in [2.24, 2.45) is 0 Å². The van der Waals surface area contributed by atoms with Crippen molar-refractivity contribution in [3.63, 3.8) is 0 Å². The lowest BCUT2D eigenvalue weighted by Crippen LogP contribution is -1.95. The first-order valence-electron chi connectivity index (χ1n) is 5.34. The monoisotopic (exact) mass is 242 g/mol. The van der Waals surface area contributed by atoms with E-state index in [-0.39, 0.29) is 11.5 Å². The van der Waals surface area contributed by atoms with Gasteiger partial charge < -0.3 is 4.74 Å². The molecule has 1 aromatic carbocycles. The molecule has 0 heterocycles. The van der Waals surface area contributed by atoms with E-state index in [2.05, 4.69) is 4.74 Å². The van der Waals surface area contributed by atoms with Crippen LogP contribution in [0.4, 0.5) is 0 Å². The summed E-state index contributed by atoms with van der Waals surface area (Å²) in [6.07, 6.45) is 1.56. The topological polar surface area (TPSA) is 73.9 Å². The largest absolute Gasteiger partial charge is 0.466 e. The van der Waals surface area contributed by atoms with E-state index in [1.807, 2.05) is 30.3 Å². The van der Waals surface area contributed by atoms with Gasteiger partial charge in [-0.1, -0.05) is 30.3 Å². The van der Waals surface area contributed by atoms with Crippen LogP contribution in [-0.2, 0) is 9.53 Å². The fraction of sp³-hybridized carbons (Fsp3) is 0.214. The van der Waals surface area contributed by atoms with Crippen molar-refractivity contribution in [1.82, 2.24) is 0 Å². The van der Waals surface area contributed by atoms with E-state index < -0.39 is 0 Å². The predicted octanol–water partition coefficient (Wildman–Crippen LogP) is 2.69. The minimum absolute atomic E-state index is 0.126. The normalized spacial score (nSPS) is 7.78. The molecule has 0 radical (unpaired) electrons. The maximum atomic E-state index is 9.82. The van der Waals surface area contributed by atoms with E-state index >= 15 is 0 Å². The third kappa shape index (κ3) is 7.67. The van der Waals surface area contributed by atoms with Crippen LogP contribution in [0.1, 0.15) is 19.4 Å². The molecule has 0 spiro atoms. The highest BCUT2D eigenvalue weighted by Crippen LogP contribution is 2.04. The molecular weight excluding hydrogens is 228 g/mol. The summed E-state index contributed by atoms with van der Waals surface area (Å²) in [6, 6.07) is 12.9. The number of nitriles is 2. The standard InChI is InChI=1S/C10H6N2.C4H8O2/c11-7-10(8-12)6-9-4-2-1-3-5-9;1-3-6-4(2)5/h1-6H;3H2,1-2H3. The Kier molecular flexibility index (Phi) is 8.24. The summed E-state index contributed by atoms with van der Waals surface area (Å²) in [4.78, 5) is 9.82. The second-order valence-electron chi connectivity index (χ2n) is 3.12. The smallest absolute Gasteiger partial charge is 0.302 e. The van der Waals surface area contributed by atoms with Crippen LogP contribution in [-0.4, -0.2) is 12.6 Å². The number of hydrogen-bond donors (Lipinski definition) is 0. The highest BCUT2D eigenvalue weighted by atomic mass is 16.5. The molecule has 0 aliphatic carbocycles. The fourth-order valence-corrected chi connectivity index (χ4v) is 1.01. The summed E-state index contributed by atoms with van der Waals surface area (Å²) in [5, 5.41) is 16.9. The zero-order chi connectivity index (χ0) is 13.8. The number of carbonyl (C=O) groups is 1. The van der Waals surface area contributed by atoms with Gasteiger partial charge in [-0.3, -0.25) is 4.79 Å². The number of nitrogens with zero attached hydrogens (tertiary/aromatic N) is 2. The summed E-state index contributed by atoms with van der Waals surface area (Å²) in [6.45, 7) is 3.65. The first kappa shape index (κ1) is 15.4. The molecular formula is C14H14N2O2. The molecule has 4 nitrogen and oxygen atoms in total. The highest BCUT2D eigenvalue weighted by molar-refractivity contribution is 5.65. The van der Waals surface area contributed by atoms with Crippen molar-refractivity contribution in [1.29, 1.82) is 10.5 Å². The van der Waals surface area contributed by atoms with E-state index in [9.17, 15) is 4.79 Å². The Balaban J connectivity index is 0.000000411. The van der Waals surface area contributed by atoms with Crippen LogP contribution in [0.5, 0.6) is 0 Å². The highest BCUT2D eigenvalue weighted by Gasteiger charge is 1.91. The van der Waals surface area contributed by atoms with Gasteiger partial charge >= 0.3 is 5.97 Å². The molecule has 0 fully saturated rings. The van der Waals surface area contributed by atoms with Crippen molar-refractivity contribution in [2.75, 3.05) is 6.61 Å². The number of carbonyl (C=O) groups excluding carboxylic acids is 1. The summed E-state index contributed by atoms with van der Waals surface area (Å²) in [5.74, 6) is -0.211. The molecule has 0 unspecified atom stereocenters. The number of hydrogen-bond acceptors (Lipinski definition) is 4. The van der Waals surface area contributed by atoms with Gasteiger partial charge in [-0.15, -0.1) is 0 Å². The van der Waals surface area contributed by atoms with Gasteiger partial charge in [0.2, 0.25) is 0 Å². The maximum Gasteiger partial charge on any atom is 0.302 e. The van der Waals surface area contributed by atoms with Gasteiger partial charge in [0.15, 0.2) is 0 Å². The summed E-state index contributed by atoms with van der Waals surface area (Å²) in [7, 11) is 0. The van der Waals surface area contributed by atoms with Crippen molar-refractivity contribution in [3.05, 3.63) is 41.5 Å². The first-order valence-corrected chi connectivity index (χ1v) is 5.34. The van der Waals surface area contributed by atoms with Crippen LogP contribution in [0.3, 0.4) is 0 Å². The molecule has 0 bridgehead atoms. The van der Waals surface area contributed by atoms with Gasteiger partial charge in [-0.2, -0.15) is 10.5 Å². The lowest BCUT2D eigenvalue weighted by Gasteiger charge is -1.89. The molecule has 1 aromatic rings. The van der Waals surface area contributed by atoms with E-state index in [1.165, 1.54) is 6.92 Å². The zero-order valence-electron chi connectivity index (χ0n) is 10.4. The van der Waals surface area contributed by atoms with E-state index in [0.29, 0.717) is 6.61 Å². The van der Waals surface area contributed by atoms with Crippen LogP contribution < -0.4 is 0 Å². The Morgan fingerprint density at radius 1 is 1.28 bits per heavy atom. The van der Waals surface area contributed by atoms with Crippen LogP contribution >= 0.6 is 0 Å². The van der Waals surface area contributed by atoms with Gasteiger partial charge in [0.1, 0.15) is 17.7 Å². The molecule has 0 atom stereocenters. The Morgan fingerprint density at radius 2 is 1.83 bits per heavy atom. The molecule has 0 saturated heterocycles. The van der Waals surface area contributed by atoms with Gasteiger partial charge in [0.25, 0.3) is 0 Å². The van der Waals surface area contributed by atoms with Gasteiger partial charge in [0.05, 0.1) is 6.61 Å². The Labute approximate surface area is 107 Å². The van der Waals surface area contributed by atoms with Gasteiger partial charge in [-0.25, -0.2) is 0 Å². The van der Waals surface area contributed by atoms with Crippen molar-refractivity contribution >= 4 is 12.0 Å². The fourth-order valence-electron chi connectivity index (χ4n) is 1.01. The molecule has 18 heavy (non-hydrogen) atoms. The van der Waals surface area contributed by atoms with E-state index in [1.54, 1.807) is 25.1 Å². The molecule has 0 amide bonds. The Morgan fingerprint density at radius 3 is 2.17 bits per heavy atom. The van der Waals surface area contributed by atoms with E-state index in [0.717, 1.165) is 5.56 Å². The van der Waals surface area contributed by atoms with Crippen molar-refractivity contribution in [2.45, 2.75) is 13.8 Å².